The Labute approximate surface area is 101 Å². The Balaban J connectivity index is 2.31. The van der Waals surface area contributed by atoms with Crippen molar-refractivity contribution in [2.75, 3.05) is 13.2 Å². The molecule has 2 N–H and O–H groups in total. The molecule has 0 unspecified atom stereocenters. The molecule has 1 aromatic rings. The number of aromatic nitrogens is 2. The fraction of sp³-hybridized carbons (Fsp3) is 0.700. The van der Waals surface area contributed by atoms with Gasteiger partial charge in [-0.3, -0.25) is 5.10 Å². The first-order chi connectivity index (χ1) is 8.07. The summed E-state index contributed by atoms with van der Waals surface area (Å²) in [6.45, 7) is 1.67. The lowest BCUT2D eigenvalue weighted by Crippen LogP contribution is -2.45. The minimum Gasteiger partial charge on any atom is -0.395 e. The van der Waals surface area contributed by atoms with Gasteiger partial charge in [-0.2, -0.15) is 9.40 Å². The van der Waals surface area contributed by atoms with Gasteiger partial charge in [-0.05, 0) is 19.8 Å². The van der Waals surface area contributed by atoms with Crippen LogP contribution in [0.2, 0.25) is 0 Å². The average molecular weight is 259 g/mol. The molecule has 1 fully saturated rings. The van der Waals surface area contributed by atoms with Crippen molar-refractivity contribution in [2.45, 2.75) is 37.1 Å². The molecule has 1 aliphatic rings. The second-order valence-corrected chi connectivity index (χ2v) is 6.14. The standard InChI is InChI=1S/C10H17N3O3S/c1-8-10(7-11-12-8)17(15,16)13(5-6-14)9-3-2-4-9/h7,9,14H,2-6H2,1H3,(H,11,12). The number of rotatable bonds is 5. The number of aromatic amines is 1. The molecule has 1 aliphatic carbocycles. The molecule has 96 valence electrons. The third-order valence-corrected chi connectivity index (χ3v) is 5.24. The number of sulfonamides is 1. The minimum absolute atomic E-state index is 0.0291. The predicted octanol–water partition coefficient (Wildman–Crippen LogP) is 0.254. The summed E-state index contributed by atoms with van der Waals surface area (Å²) in [5.74, 6) is 0. The summed E-state index contributed by atoms with van der Waals surface area (Å²) in [4.78, 5) is 0.206. The van der Waals surface area contributed by atoms with Crippen molar-refractivity contribution in [3.63, 3.8) is 0 Å². The predicted molar refractivity (Wildman–Crippen MR) is 61.9 cm³/mol. The van der Waals surface area contributed by atoms with Gasteiger partial charge in [-0.25, -0.2) is 8.42 Å². The van der Waals surface area contributed by atoms with Crippen molar-refractivity contribution < 1.29 is 13.5 Å². The normalized spacial score (nSPS) is 17.4. The molecule has 0 bridgehead atoms. The van der Waals surface area contributed by atoms with E-state index >= 15 is 0 Å². The third-order valence-electron chi connectivity index (χ3n) is 3.17. The van der Waals surface area contributed by atoms with Gasteiger partial charge in [0, 0.05) is 12.6 Å². The fourth-order valence-electron chi connectivity index (χ4n) is 2.00. The lowest BCUT2D eigenvalue weighted by atomic mass is 9.93. The number of H-pyrrole nitrogens is 1. The van der Waals surface area contributed by atoms with Crippen molar-refractivity contribution in [1.29, 1.82) is 0 Å². The molecule has 0 radical (unpaired) electrons. The first-order valence-corrected chi connectivity index (χ1v) is 7.14. The van der Waals surface area contributed by atoms with Crippen molar-refractivity contribution >= 4 is 10.0 Å². The highest BCUT2D eigenvalue weighted by atomic mass is 32.2. The molecule has 2 rings (SSSR count). The molecule has 0 amide bonds. The van der Waals surface area contributed by atoms with Crippen LogP contribution >= 0.6 is 0 Å². The lowest BCUT2D eigenvalue weighted by Gasteiger charge is -2.35. The zero-order valence-electron chi connectivity index (χ0n) is 9.76. The van der Waals surface area contributed by atoms with Crippen LogP contribution in [0.4, 0.5) is 0 Å². The number of aliphatic hydroxyl groups is 1. The second kappa shape index (κ2) is 4.75. The summed E-state index contributed by atoms with van der Waals surface area (Å²) in [5.41, 5.74) is 0.535. The smallest absolute Gasteiger partial charge is 0.246 e. The zero-order chi connectivity index (χ0) is 12.5. The van der Waals surface area contributed by atoms with Crippen molar-refractivity contribution in [3.05, 3.63) is 11.9 Å². The second-order valence-electron chi connectivity index (χ2n) is 4.28. The molecule has 0 atom stereocenters. The highest BCUT2D eigenvalue weighted by Crippen LogP contribution is 2.30. The molecule has 6 nitrogen and oxygen atoms in total. The van der Waals surface area contributed by atoms with Crippen LogP contribution < -0.4 is 0 Å². The molecular formula is C10H17N3O3S. The van der Waals surface area contributed by atoms with E-state index in [1.807, 2.05) is 0 Å². The number of nitrogens with one attached hydrogen (secondary N) is 1. The monoisotopic (exact) mass is 259 g/mol. The van der Waals surface area contributed by atoms with Gasteiger partial charge in [0.2, 0.25) is 10.0 Å². The van der Waals surface area contributed by atoms with E-state index < -0.39 is 10.0 Å². The molecule has 0 aliphatic heterocycles. The number of nitrogens with zero attached hydrogens (tertiary/aromatic N) is 2. The molecule has 7 heteroatoms. The Bertz CT molecular complexity index is 479. The molecular weight excluding hydrogens is 242 g/mol. The molecule has 1 aromatic heterocycles. The van der Waals surface area contributed by atoms with E-state index in [1.165, 1.54) is 10.5 Å². The molecule has 1 heterocycles. The Morgan fingerprint density at radius 3 is 2.71 bits per heavy atom. The van der Waals surface area contributed by atoms with Crippen molar-refractivity contribution in [2.24, 2.45) is 0 Å². The van der Waals surface area contributed by atoms with Crippen LogP contribution in [0.15, 0.2) is 11.1 Å². The van der Waals surface area contributed by atoms with Crippen LogP contribution in [0, 0.1) is 6.92 Å². The van der Waals surface area contributed by atoms with Gasteiger partial charge in [-0.15, -0.1) is 0 Å². The summed E-state index contributed by atoms with van der Waals surface area (Å²) in [6, 6.07) is 0.0291. The zero-order valence-corrected chi connectivity index (χ0v) is 10.6. The summed E-state index contributed by atoms with van der Waals surface area (Å²) in [7, 11) is -3.53. The largest absolute Gasteiger partial charge is 0.395 e. The van der Waals surface area contributed by atoms with Crippen LogP contribution in [0.3, 0.4) is 0 Å². The van der Waals surface area contributed by atoms with Gasteiger partial charge in [0.15, 0.2) is 0 Å². The lowest BCUT2D eigenvalue weighted by molar-refractivity contribution is 0.178. The number of aliphatic hydroxyl groups excluding tert-OH is 1. The molecule has 17 heavy (non-hydrogen) atoms. The highest BCUT2D eigenvalue weighted by molar-refractivity contribution is 7.89. The van der Waals surface area contributed by atoms with Crippen LogP contribution in [0.25, 0.3) is 0 Å². The summed E-state index contributed by atoms with van der Waals surface area (Å²) in [6.07, 6.45) is 4.12. The molecule has 0 saturated heterocycles. The topological polar surface area (TPSA) is 86.3 Å². The van der Waals surface area contributed by atoms with Gasteiger partial charge >= 0.3 is 0 Å². The van der Waals surface area contributed by atoms with Crippen LogP contribution in [-0.2, 0) is 10.0 Å². The molecule has 0 spiro atoms. The number of aryl methyl sites for hydroxylation is 1. The van der Waals surface area contributed by atoms with E-state index in [9.17, 15) is 8.42 Å². The van der Waals surface area contributed by atoms with Crippen molar-refractivity contribution in [1.82, 2.24) is 14.5 Å². The SMILES string of the molecule is Cc1[nH]ncc1S(=O)(=O)N(CCO)C1CCC1. The van der Waals surface area contributed by atoms with E-state index in [4.69, 9.17) is 5.11 Å². The fourth-order valence-corrected chi connectivity index (χ4v) is 3.79. The Hall–Kier alpha value is -0.920. The van der Waals surface area contributed by atoms with E-state index in [-0.39, 0.29) is 24.1 Å². The summed E-state index contributed by atoms with van der Waals surface area (Å²) in [5, 5.41) is 15.4. The van der Waals surface area contributed by atoms with Gasteiger partial charge in [0.1, 0.15) is 4.90 Å². The average Bonchev–Trinajstić information content (AvgIpc) is 2.61. The molecule has 1 saturated carbocycles. The van der Waals surface area contributed by atoms with E-state index in [0.29, 0.717) is 5.69 Å². The van der Waals surface area contributed by atoms with Crippen LogP contribution in [0.5, 0.6) is 0 Å². The number of hydrogen-bond donors (Lipinski definition) is 2. The van der Waals surface area contributed by atoms with Gasteiger partial charge in [0.05, 0.1) is 18.5 Å². The Morgan fingerprint density at radius 2 is 2.29 bits per heavy atom. The highest BCUT2D eigenvalue weighted by Gasteiger charge is 2.35. The minimum atomic E-state index is -3.53. The Kier molecular flexibility index (Phi) is 3.50. The first-order valence-electron chi connectivity index (χ1n) is 5.70. The molecule has 0 aromatic carbocycles. The Morgan fingerprint density at radius 1 is 1.59 bits per heavy atom. The first kappa shape index (κ1) is 12.5. The van der Waals surface area contributed by atoms with Crippen LogP contribution in [-0.4, -0.2) is 47.2 Å². The third kappa shape index (κ3) is 2.22. The van der Waals surface area contributed by atoms with E-state index in [2.05, 4.69) is 10.2 Å². The van der Waals surface area contributed by atoms with E-state index in [0.717, 1.165) is 19.3 Å². The van der Waals surface area contributed by atoms with Gasteiger partial charge in [0.25, 0.3) is 0 Å². The van der Waals surface area contributed by atoms with E-state index in [1.54, 1.807) is 6.92 Å². The maximum Gasteiger partial charge on any atom is 0.246 e. The van der Waals surface area contributed by atoms with Gasteiger partial charge < -0.3 is 5.11 Å². The van der Waals surface area contributed by atoms with Crippen LogP contribution in [0.1, 0.15) is 25.0 Å². The van der Waals surface area contributed by atoms with Gasteiger partial charge in [-0.1, -0.05) is 6.42 Å². The summed E-state index contributed by atoms with van der Waals surface area (Å²) < 4.78 is 26.2. The maximum atomic E-state index is 12.4. The maximum absolute atomic E-state index is 12.4. The quantitative estimate of drug-likeness (QED) is 0.794. The number of hydrogen-bond acceptors (Lipinski definition) is 4. The van der Waals surface area contributed by atoms with Crippen molar-refractivity contribution in [3.8, 4) is 0 Å². The summed E-state index contributed by atoms with van der Waals surface area (Å²) >= 11 is 0.